The first-order valence-corrected chi connectivity index (χ1v) is 13.9. The monoisotopic (exact) mass is 544 g/mol. The summed E-state index contributed by atoms with van der Waals surface area (Å²) >= 11 is 5.98. The molecule has 0 radical (unpaired) electrons. The maximum absolute atomic E-state index is 6.05. The number of pyridine rings is 1. The summed E-state index contributed by atoms with van der Waals surface area (Å²) in [5.41, 5.74) is 9.23. The summed E-state index contributed by atoms with van der Waals surface area (Å²) < 4.78 is 8.42. The van der Waals surface area contributed by atoms with Crippen molar-refractivity contribution < 1.29 is 4.74 Å². The molecule has 1 aliphatic heterocycles. The van der Waals surface area contributed by atoms with E-state index in [0.717, 1.165) is 22.9 Å². The number of hydrogen-bond acceptors (Lipinski definition) is 3. The molecular formula is C34H32N4OS. The molecule has 0 spiro atoms. The van der Waals surface area contributed by atoms with Gasteiger partial charge in [0.15, 0.2) is 5.11 Å². The molecule has 200 valence electrons. The molecule has 3 aromatic carbocycles. The van der Waals surface area contributed by atoms with E-state index >= 15 is 0 Å². The molecule has 2 atom stereocenters. The molecule has 1 saturated heterocycles. The van der Waals surface area contributed by atoms with Crippen molar-refractivity contribution in [2.75, 3.05) is 4.90 Å². The molecule has 5 aromatic rings. The minimum Gasteiger partial charge on any atom is -0.457 e. The molecule has 40 heavy (non-hydrogen) atoms. The van der Waals surface area contributed by atoms with Crippen LogP contribution in [0.25, 0.3) is 5.69 Å². The van der Waals surface area contributed by atoms with Gasteiger partial charge >= 0.3 is 0 Å². The Bertz CT molecular complexity index is 1660. The van der Waals surface area contributed by atoms with Gasteiger partial charge in [0.1, 0.15) is 11.5 Å². The van der Waals surface area contributed by atoms with E-state index in [1.54, 1.807) is 0 Å². The van der Waals surface area contributed by atoms with Crippen molar-refractivity contribution in [3.8, 4) is 17.2 Å². The number of aromatic nitrogens is 2. The van der Waals surface area contributed by atoms with E-state index in [9.17, 15) is 0 Å². The van der Waals surface area contributed by atoms with Gasteiger partial charge in [0.25, 0.3) is 0 Å². The van der Waals surface area contributed by atoms with E-state index in [4.69, 9.17) is 21.9 Å². The van der Waals surface area contributed by atoms with Gasteiger partial charge < -0.3 is 19.5 Å². The molecule has 5 nitrogen and oxygen atoms in total. The largest absolute Gasteiger partial charge is 0.457 e. The molecule has 1 N–H and O–H groups in total. The second-order valence-electron chi connectivity index (χ2n) is 10.4. The number of thiocarbonyl (C=S) groups is 1. The van der Waals surface area contributed by atoms with Gasteiger partial charge in [-0.1, -0.05) is 36.4 Å². The SMILES string of the molecule is Cc1ccc(C)c(-n2c(C)cc(C3C(c4ccccn4)NC(=S)N3c3ccc(Oc4ccccc4)cc3)c2C)c1. The highest BCUT2D eigenvalue weighted by atomic mass is 32.1. The standard InChI is InChI=1S/C34H32N4OS/c1-22-13-14-23(2)31(20-22)37-24(3)21-29(25(37)4)33-32(30-12-8-9-19-35-30)36-34(40)38(33)26-15-17-28(18-16-26)39-27-10-6-5-7-11-27/h5-21,32-33H,1-4H3,(H,36,40). The highest BCUT2D eigenvalue weighted by Gasteiger charge is 2.42. The van der Waals surface area contributed by atoms with Crippen LogP contribution < -0.4 is 15.0 Å². The lowest BCUT2D eigenvalue weighted by Gasteiger charge is -2.28. The van der Waals surface area contributed by atoms with E-state index < -0.39 is 0 Å². The zero-order valence-corrected chi connectivity index (χ0v) is 23.9. The molecule has 0 saturated carbocycles. The first kappa shape index (κ1) is 25.8. The van der Waals surface area contributed by atoms with Crippen LogP contribution in [0.4, 0.5) is 5.69 Å². The number of hydrogen-bond donors (Lipinski definition) is 1. The first-order chi connectivity index (χ1) is 19.4. The third kappa shape index (κ3) is 4.75. The van der Waals surface area contributed by atoms with E-state index in [-0.39, 0.29) is 12.1 Å². The van der Waals surface area contributed by atoms with Crippen molar-refractivity contribution in [1.82, 2.24) is 14.9 Å². The number of nitrogens with zero attached hydrogens (tertiary/aromatic N) is 3. The lowest BCUT2D eigenvalue weighted by atomic mass is 9.96. The average molecular weight is 545 g/mol. The van der Waals surface area contributed by atoms with Crippen LogP contribution in [0.3, 0.4) is 0 Å². The highest BCUT2D eigenvalue weighted by molar-refractivity contribution is 7.80. The minimum absolute atomic E-state index is 0.0895. The number of nitrogens with one attached hydrogen (secondary N) is 1. The van der Waals surface area contributed by atoms with Gasteiger partial charge in [0.2, 0.25) is 0 Å². The van der Waals surface area contributed by atoms with Gasteiger partial charge in [-0.2, -0.15) is 0 Å². The van der Waals surface area contributed by atoms with Gasteiger partial charge in [0, 0.05) is 29.0 Å². The topological polar surface area (TPSA) is 42.3 Å². The lowest BCUT2D eigenvalue weighted by Crippen LogP contribution is -2.29. The zero-order valence-electron chi connectivity index (χ0n) is 23.1. The van der Waals surface area contributed by atoms with Crippen LogP contribution in [0.15, 0.2) is 103 Å². The molecule has 1 fully saturated rings. The Labute approximate surface area is 241 Å². The Morgan fingerprint density at radius 2 is 1.52 bits per heavy atom. The average Bonchev–Trinajstić information content (AvgIpc) is 3.46. The van der Waals surface area contributed by atoms with E-state index in [1.165, 1.54) is 33.8 Å². The number of rotatable bonds is 6. The maximum Gasteiger partial charge on any atom is 0.174 e. The smallest absolute Gasteiger partial charge is 0.174 e. The number of ether oxygens (including phenoxy) is 1. The zero-order chi connectivity index (χ0) is 27.8. The predicted molar refractivity (Wildman–Crippen MR) is 166 cm³/mol. The van der Waals surface area contributed by atoms with Gasteiger partial charge in [-0.15, -0.1) is 0 Å². The van der Waals surface area contributed by atoms with Gasteiger partial charge in [-0.05, 0) is 117 Å². The fraction of sp³-hybridized carbons (Fsp3) is 0.176. The van der Waals surface area contributed by atoms with Crippen LogP contribution in [0.2, 0.25) is 0 Å². The second kappa shape index (κ2) is 10.6. The Balaban J connectivity index is 1.44. The van der Waals surface area contributed by atoms with Crippen molar-refractivity contribution >= 4 is 23.0 Å². The predicted octanol–water partition coefficient (Wildman–Crippen LogP) is 8.08. The van der Waals surface area contributed by atoms with Crippen molar-refractivity contribution in [3.05, 3.63) is 137 Å². The van der Waals surface area contributed by atoms with Crippen LogP contribution >= 0.6 is 12.2 Å². The summed E-state index contributed by atoms with van der Waals surface area (Å²) in [5, 5.41) is 4.27. The first-order valence-electron chi connectivity index (χ1n) is 13.5. The quantitative estimate of drug-likeness (QED) is 0.219. The van der Waals surface area contributed by atoms with Crippen molar-refractivity contribution in [3.63, 3.8) is 0 Å². The van der Waals surface area contributed by atoms with Gasteiger partial charge in [-0.3, -0.25) is 4.98 Å². The minimum atomic E-state index is -0.110. The van der Waals surface area contributed by atoms with Crippen LogP contribution in [0.1, 0.15) is 45.9 Å². The lowest BCUT2D eigenvalue weighted by molar-refractivity contribution is 0.482. The van der Waals surface area contributed by atoms with Crippen LogP contribution in [0, 0.1) is 27.7 Å². The maximum atomic E-state index is 6.05. The Morgan fingerprint density at radius 1 is 0.800 bits per heavy atom. The fourth-order valence-corrected chi connectivity index (χ4v) is 6.01. The molecule has 3 heterocycles. The summed E-state index contributed by atoms with van der Waals surface area (Å²) in [7, 11) is 0. The Kier molecular flexibility index (Phi) is 6.86. The van der Waals surface area contributed by atoms with E-state index in [1.807, 2.05) is 60.8 Å². The number of anilines is 1. The summed E-state index contributed by atoms with van der Waals surface area (Å²) in [4.78, 5) is 6.95. The van der Waals surface area contributed by atoms with E-state index in [2.05, 4.69) is 84.9 Å². The molecule has 2 aromatic heterocycles. The van der Waals surface area contributed by atoms with E-state index in [0.29, 0.717) is 5.11 Å². The summed E-state index contributed by atoms with van der Waals surface area (Å²) in [6.07, 6.45) is 1.84. The van der Waals surface area contributed by atoms with Crippen molar-refractivity contribution in [1.29, 1.82) is 0 Å². The van der Waals surface area contributed by atoms with Crippen LogP contribution in [0.5, 0.6) is 11.5 Å². The Hall–Kier alpha value is -4.42. The third-order valence-corrected chi connectivity index (χ3v) is 7.90. The van der Waals surface area contributed by atoms with Gasteiger partial charge in [-0.25, -0.2) is 0 Å². The van der Waals surface area contributed by atoms with Gasteiger partial charge in [0.05, 0.1) is 17.8 Å². The highest BCUT2D eigenvalue weighted by Crippen LogP contribution is 2.44. The van der Waals surface area contributed by atoms with Crippen molar-refractivity contribution in [2.45, 2.75) is 39.8 Å². The Morgan fingerprint density at radius 3 is 2.25 bits per heavy atom. The number of benzene rings is 3. The molecule has 6 heteroatoms. The molecular weight excluding hydrogens is 512 g/mol. The van der Waals surface area contributed by atoms with Crippen LogP contribution in [-0.4, -0.2) is 14.7 Å². The van der Waals surface area contributed by atoms with Crippen LogP contribution in [-0.2, 0) is 0 Å². The molecule has 1 aliphatic rings. The molecule has 6 rings (SSSR count). The number of para-hydroxylation sites is 1. The molecule has 0 aliphatic carbocycles. The summed E-state index contributed by atoms with van der Waals surface area (Å²) in [5.74, 6) is 1.58. The van der Waals surface area contributed by atoms with Crippen molar-refractivity contribution in [2.24, 2.45) is 0 Å². The molecule has 2 unspecified atom stereocenters. The molecule has 0 bridgehead atoms. The summed E-state index contributed by atoms with van der Waals surface area (Å²) in [6, 6.07) is 32.7. The number of aryl methyl sites for hydroxylation is 3. The normalized spacial score (nSPS) is 16.7. The molecule has 0 amide bonds. The summed E-state index contributed by atoms with van der Waals surface area (Å²) in [6.45, 7) is 8.69. The second-order valence-corrected chi connectivity index (χ2v) is 10.7. The third-order valence-electron chi connectivity index (χ3n) is 7.59. The fourth-order valence-electron chi connectivity index (χ4n) is 5.67.